The van der Waals surface area contributed by atoms with E-state index in [1.54, 1.807) is 17.0 Å². The molecule has 41 heavy (non-hydrogen) atoms. The lowest BCUT2D eigenvalue weighted by atomic mass is 9.91. The van der Waals surface area contributed by atoms with Crippen LogP contribution in [0.3, 0.4) is 0 Å². The molecule has 0 spiro atoms. The van der Waals surface area contributed by atoms with Crippen molar-refractivity contribution in [2.45, 2.75) is 55.8 Å². The molecular formula is C26H30N4O11. The summed E-state index contributed by atoms with van der Waals surface area (Å²) in [5, 5.41) is 54.7. The summed E-state index contributed by atoms with van der Waals surface area (Å²) in [4.78, 5) is 52.4. The van der Waals surface area contributed by atoms with Gasteiger partial charge in [-0.15, -0.1) is 6.42 Å². The average molecular weight is 575 g/mol. The highest BCUT2D eigenvalue weighted by Gasteiger charge is 2.57. The van der Waals surface area contributed by atoms with Gasteiger partial charge in [0.05, 0.1) is 6.61 Å². The monoisotopic (exact) mass is 574 g/mol. The number of hydrogen-bond donors (Lipinski definition) is 7. The highest BCUT2D eigenvalue weighted by Crippen LogP contribution is 2.37. The van der Waals surface area contributed by atoms with Gasteiger partial charge in [0.1, 0.15) is 12.2 Å². The zero-order valence-electron chi connectivity index (χ0n) is 21.9. The molecule has 2 aromatic rings. The molecule has 0 bridgehead atoms. The second kappa shape index (κ2) is 11.4. The van der Waals surface area contributed by atoms with Gasteiger partial charge in [0, 0.05) is 37.0 Å². The lowest BCUT2D eigenvalue weighted by Crippen LogP contribution is -2.55. The van der Waals surface area contributed by atoms with E-state index in [2.05, 4.69) is 5.32 Å². The van der Waals surface area contributed by atoms with Gasteiger partial charge in [0.25, 0.3) is 11.2 Å². The van der Waals surface area contributed by atoms with E-state index < -0.39 is 72.2 Å². The highest BCUT2D eigenvalue weighted by atomic mass is 16.6. The number of carboxylic acid groups (broad SMARTS) is 2. The molecule has 0 radical (unpaired) electrons. The van der Waals surface area contributed by atoms with Crippen molar-refractivity contribution in [3.05, 3.63) is 62.4 Å². The molecule has 0 amide bonds. The van der Waals surface area contributed by atoms with E-state index in [-0.39, 0.29) is 11.1 Å². The first-order valence-electron chi connectivity index (χ1n) is 12.6. The fourth-order valence-electron chi connectivity index (χ4n) is 4.80. The van der Waals surface area contributed by atoms with Crippen LogP contribution in [0.5, 0.6) is 0 Å². The second-order valence-corrected chi connectivity index (χ2v) is 9.87. The largest absolute Gasteiger partial charge is 0.479 e. The minimum atomic E-state index is -2.86. The van der Waals surface area contributed by atoms with Crippen molar-refractivity contribution in [2.75, 3.05) is 24.6 Å². The molecular weight excluding hydrogens is 544 g/mol. The van der Waals surface area contributed by atoms with E-state index in [1.807, 2.05) is 10.9 Å². The standard InChI is InChI=1S/C26H30N4O11/c1-3-25(39)17(41-20(18(25)31)30-12-14(2)19(32)28-24(30)38)13-40-26(21(33)34,22(35)36)11-15-5-7-16(8-6-15)29-10-4-9-27-23(29)37/h1,5-8,12,17-18,20,23,27,31,37,39H,4,9-11,13H2,2H3,(H,33,34)(H,35,36)(H,28,32,38)/t17-,18+,20-,23?,25-/m1/s1. The maximum atomic E-state index is 12.3. The Labute approximate surface area is 232 Å². The lowest BCUT2D eigenvalue weighted by molar-refractivity contribution is -0.191. The molecule has 0 saturated carbocycles. The van der Waals surface area contributed by atoms with E-state index in [4.69, 9.17) is 15.9 Å². The summed E-state index contributed by atoms with van der Waals surface area (Å²) in [7, 11) is 0. The molecule has 220 valence electrons. The summed E-state index contributed by atoms with van der Waals surface area (Å²) in [6, 6.07) is 6.19. The van der Waals surface area contributed by atoms with E-state index in [0.29, 0.717) is 18.8 Å². The third-order valence-electron chi connectivity index (χ3n) is 7.26. The minimum Gasteiger partial charge on any atom is -0.479 e. The summed E-state index contributed by atoms with van der Waals surface area (Å²) in [5.74, 6) is -1.74. The van der Waals surface area contributed by atoms with Crippen LogP contribution in [0.4, 0.5) is 5.69 Å². The van der Waals surface area contributed by atoms with Gasteiger partial charge in [-0.05, 0) is 31.0 Å². The molecule has 1 aromatic carbocycles. The number of rotatable bonds is 9. The maximum absolute atomic E-state index is 12.3. The number of benzene rings is 1. The van der Waals surface area contributed by atoms with Crippen molar-refractivity contribution in [3.8, 4) is 12.3 Å². The topological polar surface area (TPSA) is 224 Å². The SMILES string of the molecule is C#C[C@@]1(O)[C@@H](COC(Cc2ccc(N3CCCNC3O)cc2)(C(=O)O)C(=O)O)O[C@@H](n2cc(C)c(=O)[nH]c2=O)[C@@H]1O. The number of ether oxygens (including phenoxy) is 2. The van der Waals surface area contributed by atoms with Crippen molar-refractivity contribution in [1.29, 1.82) is 0 Å². The summed E-state index contributed by atoms with van der Waals surface area (Å²) < 4.78 is 11.8. The number of carboxylic acids is 2. The molecule has 4 rings (SSSR count). The Kier molecular flexibility index (Phi) is 8.36. The number of carbonyl (C=O) groups is 2. The fraction of sp³-hybridized carbons (Fsp3) is 0.462. The predicted molar refractivity (Wildman–Crippen MR) is 140 cm³/mol. The Hall–Kier alpha value is -4.04. The molecule has 2 saturated heterocycles. The molecule has 2 aliphatic rings. The molecule has 2 fully saturated rings. The Morgan fingerprint density at radius 1 is 1.22 bits per heavy atom. The van der Waals surface area contributed by atoms with Gasteiger partial charge in [-0.3, -0.25) is 19.7 Å². The van der Waals surface area contributed by atoms with Gasteiger partial charge in [-0.25, -0.2) is 14.4 Å². The highest BCUT2D eigenvalue weighted by molar-refractivity contribution is 6.02. The van der Waals surface area contributed by atoms with Gasteiger partial charge in [-0.1, -0.05) is 18.1 Å². The third kappa shape index (κ3) is 5.48. The van der Waals surface area contributed by atoms with Crippen molar-refractivity contribution in [2.24, 2.45) is 0 Å². The molecule has 1 unspecified atom stereocenters. The smallest absolute Gasteiger partial charge is 0.348 e. The summed E-state index contributed by atoms with van der Waals surface area (Å²) in [6.45, 7) is 1.69. The van der Waals surface area contributed by atoms with Crippen molar-refractivity contribution in [1.82, 2.24) is 14.9 Å². The number of anilines is 1. The molecule has 15 nitrogen and oxygen atoms in total. The maximum Gasteiger partial charge on any atom is 0.348 e. The van der Waals surface area contributed by atoms with E-state index in [9.17, 15) is 44.7 Å². The molecule has 7 N–H and O–H groups in total. The number of terminal acetylenes is 1. The van der Waals surface area contributed by atoms with Crippen LogP contribution in [0.25, 0.3) is 0 Å². The average Bonchev–Trinajstić information content (AvgIpc) is 3.19. The van der Waals surface area contributed by atoms with Crippen LogP contribution in [-0.4, -0.2) is 96.5 Å². The number of aliphatic hydroxyl groups is 3. The van der Waals surface area contributed by atoms with Gasteiger partial charge in [0.2, 0.25) is 0 Å². The van der Waals surface area contributed by atoms with Crippen LogP contribution in [-0.2, 0) is 25.5 Å². The zero-order valence-corrected chi connectivity index (χ0v) is 21.9. The van der Waals surface area contributed by atoms with E-state index in [0.717, 1.165) is 17.2 Å². The van der Waals surface area contributed by atoms with Crippen LogP contribution in [0.1, 0.15) is 23.8 Å². The quantitative estimate of drug-likeness (QED) is 0.124. The first-order valence-corrected chi connectivity index (χ1v) is 12.6. The normalized spacial score (nSPS) is 26.5. The molecule has 1 aromatic heterocycles. The summed E-state index contributed by atoms with van der Waals surface area (Å²) in [6.07, 6.45) is 0.509. The molecule has 3 heterocycles. The Morgan fingerprint density at radius 2 is 1.88 bits per heavy atom. The molecule has 0 aliphatic carbocycles. The summed E-state index contributed by atoms with van der Waals surface area (Å²) >= 11 is 0. The number of H-pyrrole nitrogens is 1. The Bertz CT molecular complexity index is 1450. The number of hydrogen-bond acceptors (Lipinski definition) is 11. The van der Waals surface area contributed by atoms with Crippen LogP contribution in [0, 0.1) is 19.3 Å². The van der Waals surface area contributed by atoms with Gasteiger partial charge >= 0.3 is 17.6 Å². The molecule has 15 heteroatoms. The number of nitrogens with zero attached hydrogens (tertiary/aromatic N) is 2. The Balaban J connectivity index is 1.58. The van der Waals surface area contributed by atoms with Crippen LogP contribution >= 0.6 is 0 Å². The molecule has 2 aliphatic heterocycles. The lowest BCUT2D eigenvalue weighted by Gasteiger charge is -2.34. The zero-order chi connectivity index (χ0) is 30.1. The van der Waals surface area contributed by atoms with Crippen LogP contribution < -0.4 is 21.5 Å². The second-order valence-electron chi connectivity index (χ2n) is 9.87. The van der Waals surface area contributed by atoms with Crippen molar-refractivity contribution < 1.29 is 44.6 Å². The number of nitrogens with one attached hydrogen (secondary N) is 2. The van der Waals surface area contributed by atoms with E-state index >= 15 is 0 Å². The third-order valence-corrected chi connectivity index (χ3v) is 7.26. The first kappa shape index (κ1) is 29.9. The predicted octanol–water partition coefficient (Wildman–Crippen LogP) is -2.29. The number of aryl methyl sites for hydroxylation is 1. The Morgan fingerprint density at radius 3 is 2.46 bits per heavy atom. The number of aromatic amines is 1. The van der Waals surface area contributed by atoms with Crippen molar-refractivity contribution in [3.63, 3.8) is 0 Å². The van der Waals surface area contributed by atoms with Gasteiger partial charge in [0.15, 0.2) is 18.2 Å². The van der Waals surface area contributed by atoms with Gasteiger partial charge < -0.3 is 39.9 Å². The summed E-state index contributed by atoms with van der Waals surface area (Å²) in [5.41, 5.74) is -6.08. The number of aliphatic carboxylic acids is 2. The fourth-order valence-corrected chi connectivity index (χ4v) is 4.80. The molecule has 5 atom stereocenters. The van der Waals surface area contributed by atoms with Gasteiger partial charge in [-0.2, -0.15) is 0 Å². The number of aliphatic hydroxyl groups excluding tert-OH is 2. The van der Waals surface area contributed by atoms with E-state index in [1.165, 1.54) is 19.1 Å². The number of aromatic nitrogens is 2. The first-order chi connectivity index (χ1) is 19.3. The van der Waals surface area contributed by atoms with Crippen LogP contribution in [0.15, 0.2) is 40.1 Å². The van der Waals surface area contributed by atoms with Crippen LogP contribution in [0.2, 0.25) is 0 Å². The minimum absolute atomic E-state index is 0.0807. The van der Waals surface area contributed by atoms with Crippen molar-refractivity contribution >= 4 is 17.6 Å².